The molecule has 0 heterocycles. The van der Waals surface area contributed by atoms with Crippen molar-refractivity contribution in [2.75, 3.05) is 0 Å². The Kier molecular flexibility index (Phi) is 4.53. The van der Waals surface area contributed by atoms with E-state index in [1.54, 1.807) is 0 Å². The quantitative estimate of drug-likeness (QED) is 0.726. The Morgan fingerprint density at radius 1 is 1.31 bits per heavy atom. The Labute approximate surface area is 97.6 Å². The van der Waals surface area contributed by atoms with Crippen molar-refractivity contribution < 1.29 is 9.53 Å². The van der Waals surface area contributed by atoms with E-state index in [9.17, 15) is 4.79 Å². The summed E-state index contributed by atoms with van der Waals surface area (Å²) < 4.78 is 5.33. The summed E-state index contributed by atoms with van der Waals surface area (Å²) in [6, 6.07) is 8.22. The number of esters is 1. The van der Waals surface area contributed by atoms with Crippen molar-refractivity contribution in [3.8, 4) is 0 Å². The molecule has 0 bridgehead atoms. The van der Waals surface area contributed by atoms with Gasteiger partial charge in [0.1, 0.15) is 6.10 Å². The molecular formula is C14H20O2. The summed E-state index contributed by atoms with van der Waals surface area (Å²) in [5.41, 5.74) is 2.49. The fourth-order valence-electron chi connectivity index (χ4n) is 1.74. The highest BCUT2D eigenvalue weighted by molar-refractivity contribution is 5.69. The number of hydrogen-bond acceptors (Lipinski definition) is 2. The highest BCUT2D eigenvalue weighted by atomic mass is 16.5. The number of carbonyl (C=O) groups is 1. The molecule has 0 saturated heterocycles. The number of aryl methyl sites for hydroxylation is 1. The molecule has 0 radical (unpaired) electrons. The van der Waals surface area contributed by atoms with Crippen LogP contribution in [0.4, 0.5) is 0 Å². The van der Waals surface area contributed by atoms with Crippen LogP contribution in [-0.4, -0.2) is 12.1 Å². The maximum Gasteiger partial charge on any atom is 0.305 e. The molecule has 0 amide bonds. The van der Waals surface area contributed by atoms with Gasteiger partial charge in [-0.05, 0) is 25.0 Å². The monoisotopic (exact) mass is 220 g/mol. The average molecular weight is 220 g/mol. The number of carbonyl (C=O) groups excluding carboxylic acids is 1. The van der Waals surface area contributed by atoms with Gasteiger partial charge in [-0.3, -0.25) is 4.79 Å². The first kappa shape index (κ1) is 12.8. The van der Waals surface area contributed by atoms with Gasteiger partial charge in [-0.25, -0.2) is 0 Å². The first-order valence-electron chi connectivity index (χ1n) is 5.81. The van der Waals surface area contributed by atoms with E-state index in [0.29, 0.717) is 6.42 Å². The van der Waals surface area contributed by atoms with Crippen LogP contribution in [0.5, 0.6) is 0 Å². The van der Waals surface area contributed by atoms with Gasteiger partial charge in [0.05, 0.1) is 0 Å². The summed E-state index contributed by atoms with van der Waals surface area (Å²) in [4.78, 5) is 11.2. The Morgan fingerprint density at radius 2 is 1.94 bits per heavy atom. The van der Waals surface area contributed by atoms with Crippen LogP contribution >= 0.6 is 0 Å². The van der Waals surface area contributed by atoms with E-state index in [0.717, 1.165) is 0 Å². The third kappa shape index (κ3) is 3.09. The van der Waals surface area contributed by atoms with E-state index in [1.165, 1.54) is 11.1 Å². The SMILES string of the molecule is CCC(=O)OC(C)[C@@H](C)c1ccccc1C. The van der Waals surface area contributed by atoms with Crippen molar-refractivity contribution >= 4 is 5.97 Å². The van der Waals surface area contributed by atoms with Crippen LogP contribution in [0.3, 0.4) is 0 Å². The number of ether oxygens (including phenoxy) is 1. The Balaban J connectivity index is 2.74. The minimum absolute atomic E-state index is 0.0754. The summed E-state index contributed by atoms with van der Waals surface area (Å²) in [5, 5.41) is 0. The van der Waals surface area contributed by atoms with Crippen LogP contribution in [0.2, 0.25) is 0 Å². The highest BCUT2D eigenvalue weighted by Crippen LogP contribution is 2.24. The summed E-state index contributed by atoms with van der Waals surface area (Å²) in [6.45, 7) is 7.94. The summed E-state index contributed by atoms with van der Waals surface area (Å²) >= 11 is 0. The lowest BCUT2D eigenvalue weighted by molar-refractivity contribution is -0.148. The second-order valence-electron chi connectivity index (χ2n) is 4.19. The van der Waals surface area contributed by atoms with Gasteiger partial charge in [0.15, 0.2) is 0 Å². The van der Waals surface area contributed by atoms with Crippen molar-refractivity contribution in [3.63, 3.8) is 0 Å². The van der Waals surface area contributed by atoms with E-state index in [-0.39, 0.29) is 18.0 Å². The highest BCUT2D eigenvalue weighted by Gasteiger charge is 2.18. The van der Waals surface area contributed by atoms with Gasteiger partial charge in [0, 0.05) is 12.3 Å². The lowest BCUT2D eigenvalue weighted by Gasteiger charge is -2.22. The molecule has 2 atom stereocenters. The minimum atomic E-state index is -0.132. The second-order valence-corrected chi connectivity index (χ2v) is 4.19. The Bertz CT molecular complexity index is 358. The summed E-state index contributed by atoms with van der Waals surface area (Å²) in [7, 11) is 0. The first-order chi connectivity index (χ1) is 7.56. The maximum absolute atomic E-state index is 11.2. The largest absolute Gasteiger partial charge is 0.462 e. The molecule has 2 heteroatoms. The van der Waals surface area contributed by atoms with Crippen molar-refractivity contribution in [1.29, 1.82) is 0 Å². The number of rotatable bonds is 4. The van der Waals surface area contributed by atoms with Gasteiger partial charge < -0.3 is 4.74 Å². The summed E-state index contributed by atoms with van der Waals surface area (Å²) in [6.07, 6.45) is 0.360. The molecule has 1 rings (SSSR count). The van der Waals surface area contributed by atoms with Crippen molar-refractivity contribution in [3.05, 3.63) is 35.4 Å². The fourth-order valence-corrected chi connectivity index (χ4v) is 1.74. The van der Waals surface area contributed by atoms with E-state index in [2.05, 4.69) is 26.0 Å². The molecule has 0 aliphatic carbocycles. The van der Waals surface area contributed by atoms with Gasteiger partial charge in [0.2, 0.25) is 0 Å². The van der Waals surface area contributed by atoms with Crippen LogP contribution in [0, 0.1) is 6.92 Å². The zero-order chi connectivity index (χ0) is 12.1. The van der Waals surface area contributed by atoms with E-state index in [1.807, 2.05) is 26.0 Å². The topological polar surface area (TPSA) is 26.3 Å². The van der Waals surface area contributed by atoms with Gasteiger partial charge in [-0.15, -0.1) is 0 Å². The molecule has 1 unspecified atom stereocenters. The number of benzene rings is 1. The normalized spacial score (nSPS) is 14.2. The molecule has 1 aromatic carbocycles. The van der Waals surface area contributed by atoms with Gasteiger partial charge in [-0.2, -0.15) is 0 Å². The Morgan fingerprint density at radius 3 is 2.50 bits per heavy atom. The first-order valence-corrected chi connectivity index (χ1v) is 5.81. The van der Waals surface area contributed by atoms with Crippen molar-refractivity contribution in [2.45, 2.75) is 46.1 Å². The van der Waals surface area contributed by atoms with Crippen LogP contribution in [0.1, 0.15) is 44.2 Å². The molecular weight excluding hydrogens is 200 g/mol. The van der Waals surface area contributed by atoms with Gasteiger partial charge in [0.25, 0.3) is 0 Å². The minimum Gasteiger partial charge on any atom is -0.462 e. The molecule has 88 valence electrons. The average Bonchev–Trinajstić information content (AvgIpc) is 2.28. The van der Waals surface area contributed by atoms with E-state index >= 15 is 0 Å². The zero-order valence-electron chi connectivity index (χ0n) is 10.5. The third-order valence-corrected chi connectivity index (χ3v) is 2.99. The molecule has 0 N–H and O–H groups in total. The molecule has 0 aliphatic rings. The maximum atomic E-state index is 11.2. The molecule has 2 nitrogen and oxygen atoms in total. The van der Waals surface area contributed by atoms with Crippen LogP contribution in [0.15, 0.2) is 24.3 Å². The predicted molar refractivity (Wildman–Crippen MR) is 65.4 cm³/mol. The molecule has 0 aromatic heterocycles. The van der Waals surface area contributed by atoms with Crippen LogP contribution in [0.25, 0.3) is 0 Å². The molecule has 16 heavy (non-hydrogen) atoms. The van der Waals surface area contributed by atoms with Crippen LogP contribution < -0.4 is 0 Å². The summed E-state index contributed by atoms with van der Waals surface area (Å²) in [5.74, 6) is 0.102. The van der Waals surface area contributed by atoms with Gasteiger partial charge >= 0.3 is 5.97 Å². The molecule has 0 aliphatic heterocycles. The third-order valence-electron chi connectivity index (χ3n) is 2.99. The second kappa shape index (κ2) is 5.69. The molecule has 0 fully saturated rings. The standard InChI is InChI=1S/C14H20O2/c1-5-14(15)16-12(4)11(3)13-9-7-6-8-10(13)2/h6-9,11-12H,5H2,1-4H3/t11-,12?/m1/s1. The Hall–Kier alpha value is -1.31. The fraction of sp³-hybridized carbons (Fsp3) is 0.500. The number of hydrogen-bond donors (Lipinski definition) is 0. The van der Waals surface area contributed by atoms with Crippen LogP contribution in [-0.2, 0) is 9.53 Å². The smallest absolute Gasteiger partial charge is 0.305 e. The predicted octanol–water partition coefficient (Wildman–Crippen LogP) is 3.44. The van der Waals surface area contributed by atoms with E-state index in [4.69, 9.17) is 4.74 Å². The molecule has 1 aromatic rings. The van der Waals surface area contributed by atoms with Crippen molar-refractivity contribution in [2.24, 2.45) is 0 Å². The molecule has 0 saturated carbocycles. The van der Waals surface area contributed by atoms with Gasteiger partial charge in [-0.1, -0.05) is 38.1 Å². The van der Waals surface area contributed by atoms with Crippen molar-refractivity contribution in [1.82, 2.24) is 0 Å². The van der Waals surface area contributed by atoms with E-state index < -0.39 is 0 Å². The lowest BCUT2D eigenvalue weighted by Crippen LogP contribution is -2.20. The zero-order valence-corrected chi connectivity index (χ0v) is 10.5. The lowest BCUT2D eigenvalue weighted by atomic mass is 9.92. The molecule has 0 spiro atoms.